The first kappa shape index (κ1) is 24.0. The number of nitrogens with zero attached hydrogens (tertiary/aromatic N) is 2. The fourth-order valence-corrected chi connectivity index (χ4v) is 3.31. The predicted octanol–water partition coefficient (Wildman–Crippen LogP) is 3.93. The topological polar surface area (TPSA) is 117 Å². The van der Waals surface area contributed by atoms with E-state index in [-0.39, 0.29) is 34.6 Å². The number of hydrogen-bond acceptors (Lipinski definition) is 6. The van der Waals surface area contributed by atoms with Gasteiger partial charge in [-0.1, -0.05) is 43.0 Å². The van der Waals surface area contributed by atoms with Crippen LogP contribution in [0.4, 0.5) is 24.5 Å². The Hall–Kier alpha value is -3.67. The highest BCUT2D eigenvalue weighted by Gasteiger charge is 2.30. The van der Waals surface area contributed by atoms with Crippen molar-refractivity contribution in [2.24, 2.45) is 0 Å². The summed E-state index contributed by atoms with van der Waals surface area (Å²) in [5.74, 6) is -1.03. The normalized spacial score (nSPS) is 11.2. The van der Waals surface area contributed by atoms with Gasteiger partial charge in [-0.05, 0) is 24.3 Å². The summed E-state index contributed by atoms with van der Waals surface area (Å²) in [6.07, 6.45) is -4.27. The summed E-state index contributed by atoms with van der Waals surface area (Å²) >= 11 is 0.861. The highest BCUT2D eigenvalue weighted by Crippen LogP contribution is 2.30. The van der Waals surface area contributed by atoms with Crippen LogP contribution in [0.1, 0.15) is 18.9 Å². The van der Waals surface area contributed by atoms with Crippen LogP contribution in [0.5, 0.6) is 0 Å². The molecule has 33 heavy (non-hydrogen) atoms. The van der Waals surface area contributed by atoms with Crippen molar-refractivity contribution in [3.63, 3.8) is 0 Å². The molecular formula is C21H18F3N5O3S. The third kappa shape index (κ3) is 6.42. The van der Waals surface area contributed by atoms with Crippen molar-refractivity contribution in [2.45, 2.75) is 24.7 Å². The summed E-state index contributed by atoms with van der Waals surface area (Å²) in [7, 11) is 0. The Morgan fingerprint density at radius 3 is 2.48 bits per heavy atom. The maximum absolute atomic E-state index is 12.8. The number of alkyl halides is 3. The predicted molar refractivity (Wildman–Crippen MR) is 118 cm³/mol. The molecule has 3 aromatic rings. The van der Waals surface area contributed by atoms with Gasteiger partial charge in [-0.2, -0.15) is 13.2 Å². The van der Waals surface area contributed by atoms with Crippen molar-refractivity contribution in [3.05, 3.63) is 64.4 Å². The highest BCUT2D eigenvalue weighted by atomic mass is 32.2. The molecule has 0 aliphatic carbocycles. The van der Waals surface area contributed by atoms with E-state index >= 15 is 0 Å². The minimum atomic E-state index is -4.52. The summed E-state index contributed by atoms with van der Waals surface area (Å²) < 4.78 is 38.4. The van der Waals surface area contributed by atoms with E-state index in [0.717, 1.165) is 23.9 Å². The fraction of sp³-hybridized carbons (Fsp3) is 0.190. The van der Waals surface area contributed by atoms with Gasteiger partial charge in [-0.25, -0.2) is 0 Å². The van der Waals surface area contributed by atoms with Crippen LogP contribution in [0.15, 0.2) is 58.5 Å². The number of para-hydroxylation sites is 1. The molecule has 0 saturated carbocycles. The number of thioether (sulfide) groups is 1. The van der Waals surface area contributed by atoms with Gasteiger partial charge in [0.2, 0.25) is 11.8 Å². The number of carbonyl (C=O) groups excluding carboxylic acids is 2. The van der Waals surface area contributed by atoms with E-state index in [2.05, 4.69) is 25.8 Å². The average molecular weight is 477 g/mol. The van der Waals surface area contributed by atoms with E-state index in [1.807, 2.05) is 0 Å². The number of nitrogens with one attached hydrogen (secondary N) is 3. The van der Waals surface area contributed by atoms with Crippen LogP contribution in [0, 0.1) is 0 Å². The summed E-state index contributed by atoms with van der Waals surface area (Å²) in [5, 5.41) is 12.9. The fourth-order valence-electron chi connectivity index (χ4n) is 2.70. The zero-order chi connectivity index (χ0) is 24.0. The van der Waals surface area contributed by atoms with Crippen LogP contribution in [-0.2, 0) is 15.8 Å². The van der Waals surface area contributed by atoms with E-state index in [1.54, 1.807) is 31.2 Å². The van der Waals surface area contributed by atoms with Crippen LogP contribution in [0.25, 0.3) is 11.3 Å². The largest absolute Gasteiger partial charge is 0.416 e. The number of aromatic nitrogens is 3. The van der Waals surface area contributed by atoms with Crippen molar-refractivity contribution in [1.29, 1.82) is 0 Å². The third-order valence-corrected chi connectivity index (χ3v) is 5.13. The number of halogens is 3. The lowest BCUT2D eigenvalue weighted by Crippen LogP contribution is -2.18. The number of hydrogen-bond donors (Lipinski definition) is 3. The molecule has 0 unspecified atom stereocenters. The van der Waals surface area contributed by atoms with Gasteiger partial charge in [0.15, 0.2) is 10.9 Å². The van der Waals surface area contributed by atoms with E-state index in [0.29, 0.717) is 11.3 Å². The average Bonchev–Trinajstić information content (AvgIpc) is 2.78. The van der Waals surface area contributed by atoms with Gasteiger partial charge in [0, 0.05) is 17.7 Å². The lowest BCUT2D eigenvalue weighted by atomic mass is 10.1. The second kappa shape index (κ2) is 10.3. The summed E-state index contributed by atoms with van der Waals surface area (Å²) in [5.41, 5.74) is -0.689. The first-order chi connectivity index (χ1) is 15.7. The standard InChI is InChI=1S/C21H18F3N5O3S/c1-2-16(30)26-15-9-4-3-8-14(15)18-19(32)27-20(29-28-18)33-11-17(31)25-13-7-5-6-12(10-13)21(22,23)24/h3-10H,2,11H2,1H3,(H,25,31)(H,26,30)(H,27,29,32). The second-order valence-electron chi connectivity index (χ2n) is 6.67. The van der Waals surface area contributed by atoms with Crippen molar-refractivity contribution in [1.82, 2.24) is 15.2 Å². The van der Waals surface area contributed by atoms with E-state index in [1.165, 1.54) is 12.1 Å². The molecule has 0 bridgehead atoms. The number of anilines is 2. The monoisotopic (exact) mass is 477 g/mol. The molecule has 2 amide bonds. The van der Waals surface area contributed by atoms with Crippen molar-refractivity contribution in [3.8, 4) is 11.3 Å². The van der Waals surface area contributed by atoms with Gasteiger partial charge in [0.1, 0.15) is 0 Å². The number of H-pyrrole nitrogens is 1. The van der Waals surface area contributed by atoms with E-state index in [4.69, 9.17) is 0 Å². The number of amides is 2. The summed E-state index contributed by atoms with van der Waals surface area (Å²) in [6.45, 7) is 1.69. The number of benzene rings is 2. The molecule has 172 valence electrons. The van der Waals surface area contributed by atoms with Crippen molar-refractivity contribution >= 4 is 35.0 Å². The number of aromatic amines is 1. The smallest absolute Gasteiger partial charge is 0.325 e. The molecule has 3 N–H and O–H groups in total. The van der Waals surface area contributed by atoms with Gasteiger partial charge >= 0.3 is 6.18 Å². The van der Waals surface area contributed by atoms with Crippen LogP contribution in [-0.4, -0.2) is 32.7 Å². The molecule has 0 aliphatic rings. The molecule has 8 nitrogen and oxygen atoms in total. The third-order valence-electron chi connectivity index (χ3n) is 4.27. The Morgan fingerprint density at radius 1 is 1.03 bits per heavy atom. The Kier molecular flexibility index (Phi) is 7.48. The highest BCUT2D eigenvalue weighted by molar-refractivity contribution is 7.99. The van der Waals surface area contributed by atoms with E-state index in [9.17, 15) is 27.6 Å². The molecule has 0 atom stereocenters. The van der Waals surface area contributed by atoms with Crippen LogP contribution in [0.2, 0.25) is 0 Å². The molecule has 1 aromatic heterocycles. The quantitative estimate of drug-likeness (QED) is 0.444. The lowest BCUT2D eigenvalue weighted by molar-refractivity contribution is -0.137. The molecule has 0 fully saturated rings. The number of rotatable bonds is 7. The second-order valence-corrected chi connectivity index (χ2v) is 7.63. The Morgan fingerprint density at radius 2 is 1.79 bits per heavy atom. The van der Waals surface area contributed by atoms with E-state index < -0.39 is 23.2 Å². The van der Waals surface area contributed by atoms with Gasteiger partial charge in [-0.3, -0.25) is 19.4 Å². The molecule has 3 rings (SSSR count). The summed E-state index contributed by atoms with van der Waals surface area (Å²) in [6, 6.07) is 10.9. The molecule has 0 aliphatic heterocycles. The zero-order valence-corrected chi connectivity index (χ0v) is 18.0. The summed E-state index contributed by atoms with van der Waals surface area (Å²) in [4.78, 5) is 38.9. The Bertz CT molecular complexity index is 1230. The van der Waals surface area contributed by atoms with Gasteiger partial charge in [0.25, 0.3) is 5.56 Å². The van der Waals surface area contributed by atoms with Crippen LogP contribution >= 0.6 is 11.8 Å². The zero-order valence-electron chi connectivity index (χ0n) is 17.2. The first-order valence-corrected chi connectivity index (χ1v) is 10.6. The van der Waals surface area contributed by atoms with Crippen LogP contribution < -0.4 is 16.2 Å². The minimum Gasteiger partial charge on any atom is -0.325 e. The van der Waals surface area contributed by atoms with Gasteiger partial charge in [-0.15, -0.1) is 10.2 Å². The number of carbonyl (C=O) groups is 2. The van der Waals surface area contributed by atoms with Crippen molar-refractivity contribution in [2.75, 3.05) is 16.4 Å². The minimum absolute atomic E-state index is 0.00363. The first-order valence-electron chi connectivity index (χ1n) is 9.63. The molecule has 0 radical (unpaired) electrons. The van der Waals surface area contributed by atoms with Crippen molar-refractivity contribution < 1.29 is 22.8 Å². The Balaban J connectivity index is 1.68. The maximum atomic E-state index is 12.8. The van der Waals surface area contributed by atoms with Gasteiger partial charge < -0.3 is 10.6 Å². The molecule has 0 saturated heterocycles. The molecule has 12 heteroatoms. The SMILES string of the molecule is CCC(=O)Nc1ccccc1-c1nnc(SCC(=O)Nc2cccc(C(F)(F)F)c2)[nH]c1=O. The maximum Gasteiger partial charge on any atom is 0.416 e. The molecule has 1 heterocycles. The van der Waals surface area contributed by atoms with Crippen LogP contribution in [0.3, 0.4) is 0 Å². The molecule has 0 spiro atoms. The molecular weight excluding hydrogens is 459 g/mol. The lowest BCUT2D eigenvalue weighted by Gasteiger charge is -2.10. The van der Waals surface area contributed by atoms with Gasteiger partial charge in [0.05, 0.1) is 17.0 Å². The molecule has 2 aromatic carbocycles. The Labute approximate surface area is 190 Å².